The van der Waals surface area contributed by atoms with Crippen molar-refractivity contribution in [3.8, 4) is 5.75 Å². The number of halogens is 1. The first-order valence-corrected chi connectivity index (χ1v) is 11.3. The number of hydrogen-bond acceptors (Lipinski definition) is 2. The van der Waals surface area contributed by atoms with Crippen LogP contribution in [-0.2, 0) is 6.42 Å². The third kappa shape index (κ3) is 5.30. The van der Waals surface area contributed by atoms with Crippen molar-refractivity contribution in [1.82, 2.24) is 10.3 Å². The van der Waals surface area contributed by atoms with E-state index >= 15 is 0 Å². The van der Waals surface area contributed by atoms with Crippen molar-refractivity contribution in [2.24, 2.45) is 0 Å². The Morgan fingerprint density at radius 2 is 1.97 bits per heavy atom. The highest BCUT2D eigenvalue weighted by Gasteiger charge is 2.25. The van der Waals surface area contributed by atoms with Crippen molar-refractivity contribution in [1.29, 1.82) is 0 Å². The standard InChI is InChI=1S/C25H25ClN2O.C2H6/c1-3-5-17(6-4-2)16-29-20-10-7-18(8-11-20)24-25-21(13-14-27-24)22-15-19(26)9-12-23(22)28-25;1-2/h3-12,15,24,27-28H,1,13-14,16H2,2H3;1-2H3/b6-4-,17-5+;. The lowest BCUT2D eigenvalue weighted by molar-refractivity contribution is 0.355. The number of hydrogen-bond donors (Lipinski definition) is 2. The van der Waals surface area contributed by atoms with Gasteiger partial charge in [-0.2, -0.15) is 0 Å². The lowest BCUT2D eigenvalue weighted by Gasteiger charge is -2.25. The number of fused-ring (bicyclic) bond motifs is 3. The molecule has 0 amide bonds. The third-order valence-corrected chi connectivity index (χ3v) is 5.48. The number of aromatic nitrogens is 1. The summed E-state index contributed by atoms with van der Waals surface area (Å²) in [6.07, 6.45) is 8.77. The van der Waals surface area contributed by atoms with Crippen molar-refractivity contribution < 1.29 is 4.74 Å². The molecule has 2 aromatic carbocycles. The molecule has 1 atom stereocenters. The molecule has 4 rings (SSSR count). The van der Waals surface area contributed by atoms with Crippen molar-refractivity contribution in [2.75, 3.05) is 13.2 Å². The summed E-state index contributed by atoms with van der Waals surface area (Å²) in [5.41, 5.74) is 6.02. The van der Waals surface area contributed by atoms with E-state index in [9.17, 15) is 0 Å². The van der Waals surface area contributed by atoms with Crippen molar-refractivity contribution in [3.63, 3.8) is 0 Å². The average molecular weight is 435 g/mol. The molecule has 1 aliphatic rings. The first-order valence-electron chi connectivity index (χ1n) is 10.9. The van der Waals surface area contributed by atoms with Crippen LogP contribution in [0.4, 0.5) is 0 Å². The van der Waals surface area contributed by atoms with Gasteiger partial charge in [0.25, 0.3) is 0 Å². The number of rotatable bonds is 6. The van der Waals surface area contributed by atoms with Crippen LogP contribution in [-0.4, -0.2) is 18.1 Å². The maximum atomic E-state index is 6.22. The average Bonchev–Trinajstić information content (AvgIpc) is 3.17. The van der Waals surface area contributed by atoms with Crippen LogP contribution in [0, 0.1) is 0 Å². The summed E-state index contributed by atoms with van der Waals surface area (Å²) in [7, 11) is 0. The Morgan fingerprint density at radius 1 is 1.19 bits per heavy atom. The van der Waals surface area contributed by atoms with E-state index in [1.165, 1.54) is 22.2 Å². The zero-order valence-corrected chi connectivity index (χ0v) is 19.3. The topological polar surface area (TPSA) is 37.0 Å². The summed E-state index contributed by atoms with van der Waals surface area (Å²) >= 11 is 6.22. The summed E-state index contributed by atoms with van der Waals surface area (Å²) in [4.78, 5) is 3.60. The molecule has 2 heterocycles. The van der Waals surface area contributed by atoms with Gasteiger partial charge in [-0.15, -0.1) is 0 Å². The quantitative estimate of drug-likeness (QED) is 0.404. The molecule has 3 aromatic rings. The fourth-order valence-corrected chi connectivity index (χ4v) is 4.10. The maximum absolute atomic E-state index is 6.22. The zero-order valence-electron chi connectivity index (χ0n) is 18.5. The molecular weight excluding hydrogens is 404 g/mol. The van der Waals surface area contributed by atoms with Crippen LogP contribution in [0.2, 0.25) is 5.02 Å². The Morgan fingerprint density at radius 3 is 2.68 bits per heavy atom. The Balaban J connectivity index is 0.00000132. The Labute approximate surface area is 190 Å². The second-order valence-corrected chi connectivity index (χ2v) is 7.62. The monoisotopic (exact) mass is 434 g/mol. The highest BCUT2D eigenvalue weighted by atomic mass is 35.5. The van der Waals surface area contributed by atoms with Crippen LogP contribution in [0.5, 0.6) is 5.75 Å². The highest BCUT2D eigenvalue weighted by Crippen LogP contribution is 2.35. The summed E-state index contributed by atoms with van der Waals surface area (Å²) < 4.78 is 5.94. The lowest BCUT2D eigenvalue weighted by Crippen LogP contribution is -2.30. The normalized spacial score (nSPS) is 16.0. The molecule has 0 bridgehead atoms. The minimum absolute atomic E-state index is 0.137. The van der Waals surface area contributed by atoms with E-state index in [1.807, 2.05) is 57.2 Å². The van der Waals surface area contributed by atoms with Crippen molar-refractivity contribution in [3.05, 3.63) is 101 Å². The second kappa shape index (κ2) is 11.0. The molecule has 1 unspecified atom stereocenters. The van der Waals surface area contributed by atoms with Gasteiger partial charge in [-0.1, -0.05) is 68.5 Å². The van der Waals surface area contributed by atoms with Crippen LogP contribution in [0.1, 0.15) is 43.6 Å². The largest absolute Gasteiger partial charge is 0.489 e. The molecule has 1 aromatic heterocycles. The Hall–Kier alpha value is -2.75. The van der Waals surface area contributed by atoms with E-state index in [0.29, 0.717) is 6.61 Å². The molecule has 0 saturated heterocycles. The van der Waals surface area contributed by atoms with E-state index in [0.717, 1.165) is 34.8 Å². The fraction of sp³-hybridized carbons (Fsp3) is 0.259. The van der Waals surface area contributed by atoms with Gasteiger partial charge < -0.3 is 15.0 Å². The van der Waals surface area contributed by atoms with Gasteiger partial charge in [0, 0.05) is 28.2 Å². The van der Waals surface area contributed by atoms with Crippen LogP contribution < -0.4 is 10.1 Å². The summed E-state index contributed by atoms with van der Waals surface area (Å²) in [5.74, 6) is 0.854. The molecule has 0 fully saturated rings. The van der Waals surface area contributed by atoms with Gasteiger partial charge in [0.15, 0.2) is 0 Å². The van der Waals surface area contributed by atoms with Gasteiger partial charge in [0.2, 0.25) is 0 Å². The van der Waals surface area contributed by atoms with Crippen LogP contribution >= 0.6 is 11.6 Å². The molecule has 0 radical (unpaired) electrons. The predicted molar refractivity (Wildman–Crippen MR) is 133 cm³/mol. The predicted octanol–water partition coefficient (Wildman–Crippen LogP) is 7.15. The van der Waals surface area contributed by atoms with Gasteiger partial charge in [-0.3, -0.25) is 0 Å². The van der Waals surface area contributed by atoms with E-state index in [1.54, 1.807) is 6.08 Å². The zero-order chi connectivity index (χ0) is 22.2. The number of aromatic amines is 1. The van der Waals surface area contributed by atoms with Crippen LogP contribution in [0.25, 0.3) is 10.9 Å². The molecule has 162 valence electrons. The number of nitrogens with one attached hydrogen (secondary N) is 2. The van der Waals surface area contributed by atoms with Crippen LogP contribution in [0.15, 0.2) is 78.9 Å². The van der Waals surface area contributed by atoms with Crippen LogP contribution in [0.3, 0.4) is 0 Å². The van der Waals surface area contributed by atoms with Gasteiger partial charge in [-0.25, -0.2) is 0 Å². The molecular formula is C27H31ClN2O. The first kappa shape index (κ1) is 22.9. The Bertz CT molecular complexity index is 1080. The SMILES string of the molecule is C=C/C=C(\C=C/C)COc1ccc(C2NCCc3c2[nH]c2ccc(Cl)cc32)cc1.CC. The summed E-state index contributed by atoms with van der Waals surface area (Å²) in [5, 5.41) is 5.64. The van der Waals surface area contributed by atoms with E-state index in [-0.39, 0.29) is 6.04 Å². The molecule has 2 N–H and O–H groups in total. The molecule has 3 nitrogen and oxygen atoms in total. The minimum Gasteiger partial charge on any atom is -0.489 e. The summed E-state index contributed by atoms with van der Waals surface area (Å²) in [6, 6.07) is 14.5. The minimum atomic E-state index is 0.137. The Kier molecular flexibility index (Phi) is 8.16. The van der Waals surface area contributed by atoms with Crippen molar-refractivity contribution >= 4 is 22.5 Å². The molecule has 31 heavy (non-hydrogen) atoms. The third-order valence-electron chi connectivity index (χ3n) is 5.24. The van der Waals surface area contributed by atoms with E-state index in [4.69, 9.17) is 16.3 Å². The first-order chi connectivity index (χ1) is 15.2. The van der Waals surface area contributed by atoms with E-state index < -0.39 is 0 Å². The molecule has 1 aliphatic heterocycles. The second-order valence-electron chi connectivity index (χ2n) is 7.18. The molecule has 0 saturated carbocycles. The molecule has 4 heteroatoms. The highest BCUT2D eigenvalue weighted by molar-refractivity contribution is 6.31. The number of ether oxygens (including phenoxy) is 1. The number of benzene rings is 2. The fourth-order valence-electron chi connectivity index (χ4n) is 3.92. The summed E-state index contributed by atoms with van der Waals surface area (Å²) in [6.45, 7) is 11.2. The van der Waals surface area contributed by atoms with Gasteiger partial charge in [-0.05, 0) is 60.4 Å². The van der Waals surface area contributed by atoms with Gasteiger partial charge in [0.05, 0.1) is 6.04 Å². The van der Waals surface area contributed by atoms with Gasteiger partial charge in [0.1, 0.15) is 12.4 Å². The van der Waals surface area contributed by atoms with Crippen molar-refractivity contribution in [2.45, 2.75) is 33.2 Å². The van der Waals surface area contributed by atoms with Gasteiger partial charge >= 0.3 is 0 Å². The number of allylic oxidation sites excluding steroid dienone is 3. The lowest BCUT2D eigenvalue weighted by atomic mass is 9.94. The maximum Gasteiger partial charge on any atom is 0.119 e. The molecule has 0 aliphatic carbocycles. The van der Waals surface area contributed by atoms with E-state index in [2.05, 4.69) is 41.1 Å². The molecule has 0 spiro atoms. The number of H-pyrrole nitrogens is 1. The smallest absolute Gasteiger partial charge is 0.119 e.